The average molecular weight is 552 g/mol. The van der Waals surface area contributed by atoms with Gasteiger partial charge >= 0.3 is 5.97 Å². The number of fused-ring (bicyclic) bond motifs is 1. The molecule has 1 unspecified atom stereocenters. The number of unbranched alkanes of at least 4 members (excludes halogenated alkanes) is 6. The summed E-state index contributed by atoms with van der Waals surface area (Å²) in [5, 5.41) is 20.5. The van der Waals surface area contributed by atoms with Crippen LogP contribution in [-0.4, -0.2) is 39.3 Å². The van der Waals surface area contributed by atoms with Crippen LogP contribution in [0.2, 0.25) is 0 Å². The number of aromatic nitrogens is 3. The highest BCUT2D eigenvalue weighted by Gasteiger charge is 2.24. The lowest BCUT2D eigenvalue weighted by molar-refractivity contribution is 0.0428. The van der Waals surface area contributed by atoms with Gasteiger partial charge in [-0.1, -0.05) is 92.9 Å². The minimum absolute atomic E-state index is 0.122. The van der Waals surface area contributed by atoms with Gasteiger partial charge in [0.15, 0.2) is 0 Å². The van der Waals surface area contributed by atoms with Gasteiger partial charge in [0.05, 0.1) is 18.8 Å². The Labute approximate surface area is 240 Å². The van der Waals surface area contributed by atoms with Crippen molar-refractivity contribution in [3.63, 3.8) is 0 Å². The summed E-state index contributed by atoms with van der Waals surface area (Å²) in [4.78, 5) is 14.2. The summed E-state index contributed by atoms with van der Waals surface area (Å²) in [5.74, 6) is 0.834. The first-order chi connectivity index (χ1) is 19.2. The second-order valence-electron chi connectivity index (χ2n) is 11.9. The van der Waals surface area contributed by atoms with Crippen molar-refractivity contribution in [1.82, 2.24) is 15.0 Å². The number of ether oxygens (including phenoxy) is 2. The Morgan fingerprint density at radius 2 is 1.62 bits per heavy atom. The largest absolute Gasteiger partial charge is 0.505 e. The van der Waals surface area contributed by atoms with Crippen LogP contribution in [0.1, 0.15) is 122 Å². The van der Waals surface area contributed by atoms with E-state index >= 15 is 0 Å². The van der Waals surface area contributed by atoms with Gasteiger partial charge in [-0.2, -0.15) is 0 Å². The maximum Gasteiger partial charge on any atom is 0.338 e. The smallest absolute Gasteiger partial charge is 0.338 e. The van der Waals surface area contributed by atoms with Crippen LogP contribution < -0.4 is 4.74 Å². The van der Waals surface area contributed by atoms with Crippen LogP contribution in [0.4, 0.5) is 0 Å². The first-order valence-electron chi connectivity index (χ1n) is 15.2. The predicted octanol–water partition coefficient (Wildman–Crippen LogP) is 8.54. The standard InChI is InChI=1S/C33H49N3O4/c1-7-10-12-13-14-15-19-39-26-21-27(33(4,5)6)31(37)30(22-26)36-34-28-18-17-25(20-29(28)35-36)32(38)40-23-24(9-3)16-11-8-2/h17-18,20-22,24,37H,7-16,19,23H2,1-6H3. The molecule has 0 amide bonds. The van der Waals surface area contributed by atoms with Crippen molar-refractivity contribution in [3.05, 3.63) is 41.5 Å². The maximum absolute atomic E-state index is 12.8. The lowest BCUT2D eigenvalue weighted by Gasteiger charge is -2.23. The van der Waals surface area contributed by atoms with Gasteiger partial charge in [0.2, 0.25) is 0 Å². The van der Waals surface area contributed by atoms with Gasteiger partial charge in [-0.3, -0.25) is 0 Å². The van der Waals surface area contributed by atoms with E-state index in [2.05, 4.69) is 51.7 Å². The number of rotatable bonds is 16. The Hall–Kier alpha value is -3.09. The summed E-state index contributed by atoms with van der Waals surface area (Å²) in [6.07, 6.45) is 11.5. The van der Waals surface area contributed by atoms with Crippen LogP contribution in [0.15, 0.2) is 30.3 Å². The third-order valence-corrected chi connectivity index (χ3v) is 7.46. The molecule has 0 radical (unpaired) electrons. The number of esters is 1. The van der Waals surface area contributed by atoms with Gasteiger partial charge in [-0.25, -0.2) is 4.79 Å². The quantitative estimate of drug-likeness (QED) is 0.142. The number of benzene rings is 2. The summed E-state index contributed by atoms with van der Waals surface area (Å²) in [7, 11) is 0. The van der Waals surface area contributed by atoms with Crippen molar-refractivity contribution >= 4 is 17.0 Å². The second-order valence-corrected chi connectivity index (χ2v) is 11.9. The molecule has 0 saturated carbocycles. The third-order valence-electron chi connectivity index (χ3n) is 7.46. The third kappa shape index (κ3) is 8.70. The van der Waals surface area contributed by atoms with E-state index in [1.54, 1.807) is 24.3 Å². The zero-order valence-corrected chi connectivity index (χ0v) is 25.5. The first-order valence-corrected chi connectivity index (χ1v) is 15.2. The van der Waals surface area contributed by atoms with Gasteiger partial charge in [-0.05, 0) is 48.4 Å². The van der Waals surface area contributed by atoms with E-state index in [0.717, 1.165) is 44.1 Å². The zero-order chi connectivity index (χ0) is 29.1. The van der Waals surface area contributed by atoms with Gasteiger partial charge in [0.1, 0.15) is 28.2 Å². The molecule has 0 aliphatic heterocycles. The van der Waals surface area contributed by atoms with Gasteiger partial charge < -0.3 is 14.6 Å². The zero-order valence-electron chi connectivity index (χ0n) is 25.5. The van der Waals surface area contributed by atoms with Crippen LogP contribution in [-0.2, 0) is 10.2 Å². The Balaban J connectivity index is 1.79. The number of hydrogen-bond acceptors (Lipinski definition) is 6. The average Bonchev–Trinajstić information content (AvgIpc) is 3.35. The first kappa shape index (κ1) is 31.4. The van der Waals surface area contributed by atoms with Crippen LogP contribution >= 0.6 is 0 Å². The molecule has 1 atom stereocenters. The lowest BCUT2D eigenvalue weighted by Crippen LogP contribution is -2.14. The fourth-order valence-electron chi connectivity index (χ4n) is 4.80. The molecule has 7 heteroatoms. The van der Waals surface area contributed by atoms with Crippen molar-refractivity contribution in [2.75, 3.05) is 13.2 Å². The highest BCUT2D eigenvalue weighted by atomic mass is 16.5. The normalized spacial score (nSPS) is 12.6. The summed E-state index contributed by atoms with van der Waals surface area (Å²) in [5.41, 5.74) is 2.54. The molecule has 0 bridgehead atoms. The van der Waals surface area contributed by atoms with Crippen LogP contribution in [0.3, 0.4) is 0 Å². The molecule has 0 aliphatic carbocycles. The van der Waals surface area contributed by atoms with Crippen molar-refractivity contribution in [3.8, 4) is 17.2 Å². The molecule has 0 spiro atoms. The summed E-state index contributed by atoms with van der Waals surface area (Å²) >= 11 is 0. The molecular formula is C33H49N3O4. The molecular weight excluding hydrogens is 502 g/mol. The minimum Gasteiger partial charge on any atom is -0.505 e. The van der Waals surface area contributed by atoms with Gasteiger partial charge in [-0.15, -0.1) is 15.0 Å². The van der Waals surface area contributed by atoms with Gasteiger partial charge in [0.25, 0.3) is 0 Å². The fraction of sp³-hybridized carbons (Fsp3) is 0.606. The van der Waals surface area contributed by atoms with E-state index in [1.165, 1.54) is 30.5 Å². The molecule has 3 rings (SSSR count). The number of hydrogen-bond donors (Lipinski definition) is 1. The Kier molecular flexibility index (Phi) is 11.8. The maximum atomic E-state index is 12.8. The molecule has 7 nitrogen and oxygen atoms in total. The number of carbonyl (C=O) groups is 1. The number of carbonyl (C=O) groups excluding carboxylic acids is 1. The molecule has 2 aromatic carbocycles. The van der Waals surface area contributed by atoms with Crippen LogP contribution in [0, 0.1) is 5.92 Å². The monoisotopic (exact) mass is 551 g/mol. The van der Waals surface area contributed by atoms with Crippen molar-refractivity contribution in [2.45, 2.75) is 111 Å². The summed E-state index contributed by atoms with van der Waals surface area (Å²) in [6, 6.07) is 8.89. The number of phenols is 1. The Bertz CT molecular complexity index is 1230. The number of aromatic hydroxyl groups is 1. The van der Waals surface area contributed by atoms with Crippen molar-refractivity contribution in [2.24, 2.45) is 5.92 Å². The van der Waals surface area contributed by atoms with Crippen LogP contribution in [0.5, 0.6) is 11.5 Å². The van der Waals surface area contributed by atoms with Crippen molar-refractivity contribution in [1.29, 1.82) is 0 Å². The van der Waals surface area contributed by atoms with Gasteiger partial charge in [0, 0.05) is 11.6 Å². The minimum atomic E-state index is -0.352. The molecule has 1 aromatic heterocycles. The topological polar surface area (TPSA) is 86.5 Å². The predicted molar refractivity (Wildman–Crippen MR) is 162 cm³/mol. The van der Waals surface area contributed by atoms with E-state index in [9.17, 15) is 9.90 Å². The molecule has 1 N–H and O–H groups in total. The molecule has 220 valence electrons. The molecule has 0 saturated heterocycles. The lowest BCUT2D eigenvalue weighted by atomic mass is 9.86. The molecule has 3 aromatic rings. The Morgan fingerprint density at radius 1 is 0.925 bits per heavy atom. The second kappa shape index (κ2) is 15.1. The van der Waals surface area contributed by atoms with Crippen LogP contribution in [0.25, 0.3) is 16.7 Å². The summed E-state index contributed by atoms with van der Waals surface area (Å²) < 4.78 is 11.8. The SMILES string of the molecule is CCCCCCCCOc1cc(-n2nc3ccc(C(=O)OCC(CC)CCCC)cc3n2)c(O)c(C(C)(C)C)c1. The fourth-order valence-corrected chi connectivity index (χ4v) is 4.80. The molecule has 0 aliphatic rings. The highest BCUT2D eigenvalue weighted by molar-refractivity contribution is 5.93. The summed E-state index contributed by atoms with van der Waals surface area (Å²) in [6.45, 7) is 13.7. The number of nitrogens with zero attached hydrogens (tertiary/aromatic N) is 3. The number of phenolic OH excluding ortho intramolecular Hbond substituents is 1. The Morgan fingerprint density at radius 3 is 2.33 bits per heavy atom. The molecule has 40 heavy (non-hydrogen) atoms. The highest BCUT2D eigenvalue weighted by Crippen LogP contribution is 2.38. The van der Waals surface area contributed by atoms with E-state index in [0.29, 0.717) is 47.2 Å². The molecule has 0 fully saturated rings. The van der Waals surface area contributed by atoms with E-state index in [-0.39, 0.29) is 17.1 Å². The van der Waals surface area contributed by atoms with E-state index in [4.69, 9.17) is 9.47 Å². The molecule has 1 heterocycles. The van der Waals surface area contributed by atoms with E-state index < -0.39 is 0 Å². The van der Waals surface area contributed by atoms with E-state index in [1.807, 2.05) is 6.07 Å². The van der Waals surface area contributed by atoms with Crippen molar-refractivity contribution < 1.29 is 19.4 Å².